The van der Waals surface area contributed by atoms with Crippen LogP contribution in [0.15, 0.2) is 42.5 Å². The summed E-state index contributed by atoms with van der Waals surface area (Å²) in [6, 6.07) is 11.6. The number of allylic oxidation sites excluding steroid dienone is 1. The molecule has 0 aliphatic rings. The molecule has 0 saturated heterocycles. The first-order valence-electron chi connectivity index (χ1n) is 7.06. The molecule has 1 aromatic heterocycles. The second-order valence-electron chi connectivity index (χ2n) is 5.39. The van der Waals surface area contributed by atoms with E-state index in [0.29, 0.717) is 12.5 Å². The molecule has 2 nitrogen and oxygen atoms in total. The van der Waals surface area contributed by atoms with Crippen LogP contribution in [0, 0.1) is 12.8 Å². The number of carbonyl (C=O) groups is 1. The van der Waals surface area contributed by atoms with Crippen molar-refractivity contribution in [2.45, 2.75) is 20.8 Å². The second-order valence-corrected chi connectivity index (χ2v) is 6.67. The topological polar surface area (TPSA) is 26.3 Å². The van der Waals surface area contributed by atoms with Gasteiger partial charge in [-0.3, -0.25) is 4.79 Å². The molecule has 0 fully saturated rings. The van der Waals surface area contributed by atoms with Gasteiger partial charge in [0.1, 0.15) is 5.75 Å². The van der Waals surface area contributed by atoms with Crippen molar-refractivity contribution >= 4 is 23.2 Å². The smallest absolute Gasteiger partial charge is 0.195 e. The Kier molecular flexibility index (Phi) is 5.34. The van der Waals surface area contributed by atoms with Gasteiger partial charge in [0.05, 0.1) is 11.5 Å². The zero-order valence-electron chi connectivity index (χ0n) is 12.6. The van der Waals surface area contributed by atoms with Crippen LogP contribution in [-0.2, 0) is 0 Å². The van der Waals surface area contributed by atoms with Crippen molar-refractivity contribution in [1.82, 2.24) is 0 Å². The van der Waals surface area contributed by atoms with Crippen LogP contribution in [0.2, 0.25) is 0 Å². The molecule has 21 heavy (non-hydrogen) atoms. The van der Waals surface area contributed by atoms with Crippen LogP contribution < -0.4 is 4.74 Å². The zero-order chi connectivity index (χ0) is 15.2. The lowest BCUT2D eigenvalue weighted by molar-refractivity contribution is 0.105. The minimum Gasteiger partial charge on any atom is -0.493 e. The molecular formula is C18H20O2S. The summed E-state index contributed by atoms with van der Waals surface area (Å²) >= 11 is 1.52. The molecule has 0 aliphatic heterocycles. The predicted molar refractivity (Wildman–Crippen MR) is 89.2 cm³/mol. The number of hydrogen-bond donors (Lipinski definition) is 0. The molecule has 0 unspecified atom stereocenters. The Morgan fingerprint density at radius 2 is 2.10 bits per heavy atom. The number of carbonyl (C=O) groups excluding carboxylic acids is 1. The maximum atomic E-state index is 12.0. The Morgan fingerprint density at radius 3 is 2.76 bits per heavy atom. The minimum atomic E-state index is 0.0431. The average Bonchev–Trinajstić information content (AvgIpc) is 2.90. The van der Waals surface area contributed by atoms with Crippen LogP contribution in [-0.4, -0.2) is 12.4 Å². The van der Waals surface area contributed by atoms with Gasteiger partial charge in [-0.2, -0.15) is 0 Å². The number of aryl methyl sites for hydroxylation is 1. The number of rotatable bonds is 6. The van der Waals surface area contributed by atoms with E-state index in [1.54, 1.807) is 6.08 Å². The first-order chi connectivity index (χ1) is 10.0. The van der Waals surface area contributed by atoms with Crippen LogP contribution in [0.25, 0.3) is 6.08 Å². The fourth-order valence-corrected chi connectivity index (χ4v) is 2.58. The number of thiophene rings is 1. The molecule has 0 radical (unpaired) electrons. The van der Waals surface area contributed by atoms with E-state index in [-0.39, 0.29) is 5.78 Å². The highest BCUT2D eigenvalue weighted by Gasteiger charge is 2.04. The molecule has 0 bridgehead atoms. The van der Waals surface area contributed by atoms with Crippen molar-refractivity contribution in [2.75, 3.05) is 6.61 Å². The Morgan fingerprint density at radius 1 is 1.29 bits per heavy atom. The Balaban J connectivity index is 2.03. The van der Waals surface area contributed by atoms with Crippen LogP contribution in [0.4, 0.5) is 0 Å². The average molecular weight is 300 g/mol. The zero-order valence-corrected chi connectivity index (χ0v) is 13.4. The molecular weight excluding hydrogens is 280 g/mol. The van der Waals surface area contributed by atoms with Gasteiger partial charge in [0.2, 0.25) is 0 Å². The Hall–Kier alpha value is -1.87. The third-order valence-corrected chi connectivity index (χ3v) is 3.87. The number of hydrogen-bond acceptors (Lipinski definition) is 3. The SMILES string of the molecule is Cc1ccc(C(=O)/C=C/c2cccc(OCC(C)C)c2)s1. The minimum absolute atomic E-state index is 0.0431. The first kappa shape index (κ1) is 15.5. The molecule has 0 spiro atoms. The van der Waals surface area contributed by atoms with E-state index in [9.17, 15) is 4.79 Å². The summed E-state index contributed by atoms with van der Waals surface area (Å²) in [7, 11) is 0. The van der Waals surface area contributed by atoms with Crippen molar-refractivity contribution < 1.29 is 9.53 Å². The molecule has 0 amide bonds. The standard InChI is InChI=1S/C18H20O2S/c1-13(2)12-20-16-6-4-5-15(11-16)8-9-17(19)18-10-7-14(3)21-18/h4-11,13H,12H2,1-3H3/b9-8+. The van der Waals surface area contributed by atoms with Gasteiger partial charge >= 0.3 is 0 Å². The maximum Gasteiger partial charge on any atom is 0.195 e. The van der Waals surface area contributed by atoms with E-state index >= 15 is 0 Å². The Labute approximate surface area is 130 Å². The van der Waals surface area contributed by atoms with Gasteiger partial charge in [-0.05, 0) is 48.7 Å². The molecule has 0 saturated carbocycles. The largest absolute Gasteiger partial charge is 0.493 e. The van der Waals surface area contributed by atoms with Crippen molar-refractivity contribution in [2.24, 2.45) is 5.92 Å². The maximum absolute atomic E-state index is 12.0. The second kappa shape index (κ2) is 7.23. The predicted octanol–water partition coefficient (Wildman–Crippen LogP) is 4.99. The van der Waals surface area contributed by atoms with E-state index in [1.165, 1.54) is 11.3 Å². The van der Waals surface area contributed by atoms with Gasteiger partial charge < -0.3 is 4.74 Å². The van der Waals surface area contributed by atoms with E-state index in [2.05, 4.69) is 13.8 Å². The van der Waals surface area contributed by atoms with Crippen molar-refractivity contribution in [3.63, 3.8) is 0 Å². The molecule has 2 aromatic rings. The molecule has 110 valence electrons. The third-order valence-electron chi connectivity index (χ3n) is 2.85. The highest BCUT2D eigenvalue weighted by Crippen LogP contribution is 2.18. The van der Waals surface area contributed by atoms with Crippen LogP contribution >= 0.6 is 11.3 Å². The molecule has 0 aliphatic carbocycles. The molecule has 3 heteroatoms. The lowest BCUT2D eigenvalue weighted by Crippen LogP contribution is -2.04. The highest BCUT2D eigenvalue weighted by molar-refractivity contribution is 7.14. The van der Waals surface area contributed by atoms with Crippen molar-refractivity contribution in [3.05, 3.63) is 57.8 Å². The fourth-order valence-electron chi connectivity index (χ4n) is 1.79. The summed E-state index contributed by atoms with van der Waals surface area (Å²) in [4.78, 5) is 13.9. The monoisotopic (exact) mass is 300 g/mol. The van der Waals surface area contributed by atoms with Crippen LogP contribution in [0.1, 0.15) is 34.0 Å². The van der Waals surface area contributed by atoms with Crippen molar-refractivity contribution in [3.8, 4) is 5.75 Å². The molecule has 0 N–H and O–H groups in total. The van der Waals surface area contributed by atoms with Gasteiger partial charge in [-0.1, -0.05) is 32.1 Å². The third kappa shape index (κ3) is 4.87. The summed E-state index contributed by atoms with van der Waals surface area (Å²) in [6.07, 6.45) is 3.45. The summed E-state index contributed by atoms with van der Waals surface area (Å²) in [5.41, 5.74) is 0.970. The summed E-state index contributed by atoms with van der Waals surface area (Å²) in [6.45, 7) is 6.93. The lowest BCUT2D eigenvalue weighted by atomic mass is 10.1. The van der Waals surface area contributed by atoms with Crippen LogP contribution in [0.3, 0.4) is 0 Å². The summed E-state index contributed by atoms with van der Waals surface area (Å²) < 4.78 is 5.69. The van der Waals surface area contributed by atoms with Gasteiger partial charge in [0.25, 0.3) is 0 Å². The van der Waals surface area contributed by atoms with E-state index in [4.69, 9.17) is 4.74 Å². The summed E-state index contributed by atoms with van der Waals surface area (Å²) in [5, 5.41) is 0. The van der Waals surface area contributed by atoms with Gasteiger partial charge in [0, 0.05) is 4.88 Å². The lowest BCUT2D eigenvalue weighted by Gasteiger charge is -2.08. The van der Waals surface area contributed by atoms with Crippen LogP contribution in [0.5, 0.6) is 5.75 Å². The highest BCUT2D eigenvalue weighted by atomic mass is 32.1. The van der Waals surface area contributed by atoms with E-state index in [1.807, 2.05) is 49.4 Å². The van der Waals surface area contributed by atoms with E-state index < -0.39 is 0 Å². The number of ketones is 1. The number of ether oxygens (including phenoxy) is 1. The fraction of sp³-hybridized carbons (Fsp3) is 0.278. The normalized spacial score (nSPS) is 11.2. The quantitative estimate of drug-likeness (QED) is 0.555. The van der Waals surface area contributed by atoms with Crippen molar-refractivity contribution in [1.29, 1.82) is 0 Å². The molecule has 2 rings (SSSR count). The van der Waals surface area contributed by atoms with Gasteiger partial charge in [0.15, 0.2) is 5.78 Å². The summed E-state index contributed by atoms with van der Waals surface area (Å²) in [5.74, 6) is 1.37. The molecule has 1 aromatic carbocycles. The molecule has 0 atom stereocenters. The van der Waals surface area contributed by atoms with Gasteiger partial charge in [-0.25, -0.2) is 0 Å². The first-order valence-corrected chi connectivity index (χ1v) is 7.88. The molecule has 1 heterocycles. The van der Waals surface area contributed by atoms with E-state index in [0.717, 1.165) is 21.1 Å². The van der Waals surface area contributed by atoms with Gasteiger partial charge in [-0.15, -0.1) is 11.3 Å². The Bertz CT molecular complexity index is 638. The number of benzene rings is 1.